The first-order valence-corrected chi connectivity index (χ1v) is 8.20. The molecular formula is C19H19F3N2O5. The zero-order valence-corrected chi connectivity index (χ0v) is 16.1. The molecule has 2 amide bonds. The van der Waals surface area contributed by atoms with E-state index in [9.17, 15) is 22.8 Å². The molecule has 0 fully saturated rings. The Kier molecular flexibility index (Phi) is 6.57. The van der Waals surface area contributed by atoms with Crippen molar-refractivity contribution >= 4 is 17.5 Å². The summed E-state index contributed by atoms with van der Waals surface area (Å²) in [6, 6.07) is 7.23. The van der Waals surface area contributed by atoms with Crippen LogP contribution in [0.4, 0.5) is 18.9 Å². The molecule has 1 N–H and O–H groups in total. The quantitative estimate of drug-likeness (QED) is 0.785. The fraction of sp³-hybridized carbons (Fsp3) is 0.263. The summed E-state index contributed by atoms with van der Waals surface area (Å²) in [6.07, 6.45) is -4.83. The van der Waals surface area contributed by atoms with E-state index in [1.807, 2.05) is 0 Å². The molecule has 0 saturated carbocycles. The summed E-state index contributed by atoms with van der Waals surface area (Å²) in [5.41, 5.74) is 0.373. The second-order valence-corrected chi connectivity index (χ2v) is 5.98. The van der Waals surface area contributed by atoms with Gasteiger partial charge in [-0.05, 0) is 30.3 Å². The number of ether oxygens (including phenoxy) is 3. The van der Waals surface area contributed by atoms with Crippen molar-refractivity contribution in [3.05, 3.63) is 47.5 Å². The van der Waals surface area contributed by atoms with Gasteiger partial charge in [0, 0.05) is 25.7 Å². The third kappa shape index (κ3) is 5.53. The minimum absolute atomic E-state index is 0.0672. The Morgan fingerprint density at radius 1 is 0.966 bits per heavy atom. The van der Waals surface area contributed by atoms with Crippen LogP contribution in [0.25, 0.3) is 0 Å². The third-order valence-corrected chi connectivity index (χ3v) is 3.76. The summed E-state index contributed by atoms with van der Waals surface area (Å²) >= 11 is 0. The molecule has 0 spiro atoms. The van der Waals surface area contributed by atoms with Crippen LogP contribution in [0.2, 0.25) is 0 Å². The van der Waals surface area contributed by atoms with Crippen molar-refractivity contribution in [2.75, 3.05) is 33.6 Å². The highest BCUT2D eigenvalue weighted by Crippen LogP contribution is 2.34. The number of benzene rings is 2. The van der Waals surface area contributed by atoms with Crippen LogP contribution >= 0.6 is 0 Å². The van der Waals surface area contributed by atoms with Gasteiger partial charge in [0.2, 0.25) is 0 Å². The fourth-order valence-corrected chi connectivity index (χ4v) is 2.40. The van der Waals surface area contributed by atoms with Crippen LogP contribution < -0.4 is 19.5 Å². The molecule has 0 heterocycles. The number of carbonyl (C=O) groups excluding carboxylic acids is 2. The lowest BCUT2D eigenvalue weighted by Gasteiger charge is -2.18. The molecule has 2 aromatic rings. The number of alkyl halides is 3. The molecule has 156 valence electrons. The highest BCUT2D eigenvalue weighted by atomic mass is 19.4. The predicted molar refractivity (Wildman–Crippen MR) is 98.6 cm³/mol. The molecular weight excluding hydrogens is 393 g/mol. The Morgan fingerprint density at radius 2 is 1.52 bits per heavy atom. The number of amides is 2. The standard InChI is InChI=1S/C19H19F3N2O5/c1-24(2)18(26)13-9-15(27-3)16(28-4)10-14(13)23-17(25)11-5-7-12(8-6-11)29-19(20,21)22/h5-10H,1-4H3,(H,23,25). The molecule has 7 nitrogen and oxygen atoms in total. The van der Waals surface area contributed by atoms with Crippen molar-refractivity contribution in [1.82, 2.24) is 4.90 Å². The molecule has 0 aromatic heterocycles. The monoisotopic (exact) mass is 412 g/mol. The predicted octanol–water partition coefficient (Wildman–Crippen LogP) is 3.56. The van der Waals surface area contributed by atoms with Crippen molar-refractivity contribution in [2.24, 2.45) is 0 Å². The number of carbonyl (C=O) groups is 2. The van der Waals surface area contributed by atoms with Gasteiger partial charge in [-0.3, -0.25) is 9.59 Å². The highest BCUT2D eigenvalue weighted by molar-refractivity contribution is 6.09. The Labute approximate surface area is 165 Å². The summed E-state index contributed by atoms with van der Waals surface area (Å²) in [6.45, 7) is 0. The van der Waals surface area contributed by atoms with Crippen LogP contribution in [0.3, 0.4) is 0 Å². The molecule has 0 aliphatic rings. The summed E-state index contributed by atoms with van der Waals surface area (Å²) in [4.78, 5) is 26.3. The van der Waals surface area contributed by atoms with Gasteiger partial charge in [0.1, 0.15) is 5.75 Å². The second kappa shape index (κ2) is 8.72. The molecule has 2 rings (SSSR count). The molecule has 0 aliphatic carbocycles. The Balaban J connectivity index is 2.34. The number of hydrogen-bond acceptors (Lipinski definition) is 5. The van der Waals surface area contributed by atoms with Gasteiger partial charge in [-0.25, -0.2) is 0 Å². The second-order valence-electron chi connectivity index (χ2n) is 5.98. The van der Waals surface area contributed by atoms with Gasteiger partial charge < -0.3 is 24.4 Å². The molecule has 10 heteroatoms. The van der Waals surface area contributed by atoms with Crippen molar-refractivity contribution in [3.8, 4) is 17.2 Å². The first kappa shape index (κ1) is 21.9. The van der Waals surface area contributed by atoms with Crippen molar-refractivity contribution in [2.45, 2.75) is 6.36 Å². The molecule has 0 aliphatic heterocycles. The largest absolute Gasteiger partial charge is 0.573 e. The molecule has 2 aromatic carbocycles. The maximum Gasteiger partial charge on any atom is 0.573 e. The Bertz CT molecular complexity index is 896. The summed E-state index contributed by atoms with van der Waals surface area (Å²) in [7, 11) is 5.90. The number of nitrogens with zero attached hydrogens (tertiary/aromatic N) is 1. The van der Waals surface area contributed by atoms with E-state index in [4.69, 9.17) is 9.47 Å². The minimum atomic E-state index is -4.83. The fourth-order valence-electron chi connectivity index (χ4n) is 2.40. The topological polar surface area (TPSA) is 77.1 Å². The van der Waals surface area contributed by atoms with Gasteiger partial charge in [0.25, 0.3) is 11.8 Å². The zero-order valence-electron chi connectivity index (χ0n) is 16.1. The van der Waals surface area contributed by atoms with Gasteiger partial charge >= 0.3 is 6.36 Å². The van der Waals surface area contributed by atoms with E-state index in [-0.39, 0.29) is 22.6 Å². The van der Waals surface area contributed by atoms with Crippen molar-refractivity contribution in [1.29, 1.82) is 0 Å². The number of methoxy groups -OCH3 is 2. The lowest BCUT2D eigenvalue weighted by Crippen LogP contribution is -2.24. The smallest absolute Gasteiger partial charge is 0.493 e. The van der Waals surface area contributed by atoms with E-state index in [1.165, 1.54) is 43.4 Å². The molecule has 0 unspecified atom stereocenters. The number of halogens is 3. The SMILES string of the molecule is COc1cc(NC(=O)c2ccc(OC(F)(F)F)cc2)c(C(=O)N(C)C)cc1OC. The Morgan fingerprint density at radius 3 is 2.00 bits per heavy atom. The normalized spacial score (nSPS) is 10.9. The van der Waals surface area contributed by atoms with Gasteiger partial charge in [-0.2, -0.15) is 0 Å². The van der Waals surface area contributed by atoms with Gasteiger partial charge in [0.05, 0.1) is 25.5 Å². The zero-order chi connectivity index (χ0) is 21.8. The van der Waals surface area contributed by atoms with E-state index in [1.54, 1.807) is 14.1 Å². The Hall–Kier alpha value is -3.43. The van der Waals surface area contributed by atoms with Crippen LogP contribution in [0, 0.1) is 0 Å². The van der Waals surface area contributed by atoms with E-state index in [0.717, 1.165) is 12.1 Å². The van der Waals surface area contributed by atoms with Crippen LogP contribution in [-0.4, -0.2) is 51.4 Å². The first-order valence-electron chi connectivity index (χ1n) is 8.20. The highest BCUT2D eigenvalue weighted by Gasteiger charge is 2.31. The van der Waals surface area contributed by atoms with Crippen LogP contribution in [-0.2, 0) is 0 Å². The summed E-state index contributed by atoms with van der Waals surface area (Å²) in [5, 5.41) is 2.57. The van der Waals surface area contributed by atoms with E-state index < -0.39 is 23.9 Å². The summed E-state index contributed by atoms with van der Waals surface area (Å²) < 4.78 is 50.9. The first-order chi connectivity index (χ1) is 13.6. The molecule has 0 saturated heterocycles. The average Bonchev–Trinajstić information content (AvgIpc) is 2.66. The summed E-state index contributed by atoms with van der Waals surface area (Å²) in [5.74, 6) is -0.904. The number of nitrogens with one attached hydrogen (secondary N) is 1. The molecule has 0 atom stereocenters. The van der Waals surface area contributed by atoms with Crippen LogP contribution in [0.5, 0.6) is 17.2 Å². The molecule has 0 radical (unpaired) electrons. The maximum atomic E-state index is 12.5. The van der Waals surface area contributed by atoms with Crippen molar-refractivity contribution in [3.63, 3.8) is 0 Å². The van der Waals surface area contributed by atoms with Gasteiger partial charge in [0.15, 0.2) is 11.5 Å². The van der Waals surface area contributed by atoms with E-state index in [2.05, 4.69) is 10.1 Å². The number of hydrogen-bond donors (Lipinski definition) is 1. The van der Waals surface area contributed by atoms with E-state index >= 15 is 0 Å². The third-order valence-electron chi connectivity index (χ3n) is 3.76. The average molecular weight is 412 g/mol. The maximum absolute atomic E-state index is 12.5. The van der Waals surface area contributed by atoms with Gasteiger partial charge in [-0.15, -0.1) is 13.2 Å². The van der Waals surface area contributed by atoms with Crippen molar-refractivity contribution < 1.29 is 37.0 Å². The number of anilines is 1. The van der Waals surface area contributed by atoms with Gasteiger partial charge in [-0.1, -0.05) is 0 Å². The minimum Gasteiger partial charge on any atom is -0.493 e. The van der Waals surface area contributed by atoms with Crippen LogP contribution in [0.1, 0.15) is 20.7 Å². The molecule has 29 heavy (non-hydrogen) atoms. The number of rotatable bonds is 6. The van der Waals surface area contributed by atoms with Crippen LogP contribution in [0.15, 0.2) is 36.4 Å². The van der Waals surface area contributed by atoms with E-state index in [0.29, 0.717) is 5.75 Å². The molecule has 0 bridgehead atoms. The lowest BCUT2D eigenvalue weighted by molar-refractivity contribution is -0.274. The lowest BCUT2D eigenvalue weighted by atomic mass is 10.1.